The van der Waals surface area contributed by atoms with Crippen LogP contribution in [-0.4, -0.2) is 37.2 Å². The molecule has 0 unspecified atom stereocenters. The van der Waals surface area contributed by atoms with Gasteiger partial charge in [0, 0.05) is 23.2 Å². The lowest BCUT2D eigenvalue weighted by Gasteiger charge is -2.53. The Hall–Kier alpha value is -1.72. The zero-order valence-electron chi connectivity index (χ0n) is 16.5. The molecular weight excluding hydrogens is 348 g/mol. The zero-order chi connectivity index (χ0) is 19.8. The minimum absolute atomic E-state index is 0.0499. The monoisotopic (exact) mass is 376 g/mol. The van der Waals surface area contributed by atoms with Gasteiger partial charge in [-0.3, -0.25) is 19.2 Å². The summed E-state index contributed by atoms with van der Waals surface area (Å²) in [6.45, 7) is 5.69. The first-order chi connectivity index (χ1) is 12.6. The van der Waals surface area contributed by atoms with Gasteiger partial charge in [-0.05, 0) is 37.5 Å². The number of Topliss-reactive ketones (excluding diaryl/α,β-unsaturated/α-hetero) is 2. The molecule has 1 heterocycles. The normalized spacial score (nSPS) is 45.4. The van der Waals surface area contributed by atoms with E-state index in [-0.39, 0.29) is 41.9 Å². The molecule has 27 heavy (non-hydrogen) atoms. The van der Waals surface area contributed by atoms with Gasteiger partial charge in [0.1, 0.15) is 11.2 Å². The van der Waals surface area contributed by atoms with E-state index >= 15 is 0 Å². The lowest BCUT2D eigenvalue weighted by molar-refractivity contribution is -0.174. The maximum absolute atomic E-state index is 13.4. The molecule has 0 aromatic rings. The van der Waals surface area contributed by atoms with Gasteiger partial charge in [0.2, 0.25) is 0 Å². The van der Waals surface area contributed by atoms with E-state index in [9.17, 15) is 19.2 Å². The van der Waals surface area contributed by atoms with Gasteiger partial charge in [0.25, 0.3) is 0 Å². The molecule has 0 radical (unpaired) electrons. The number of rotatable bonds is 2. The van der Waals surface area contributed by atoms with E-state index in [2.05, 4.69) is 0 Å². The third-order valence-electron chi connectivity index (χ3n) is 8.36. The minimum atomic E-state index is -1.21. The first-order valence-corrected chi connectivity index (χ1v) is 9.95. The fraction of sp³-hybridized carbons (Fsp3) is 0.810. The molecule has 1 saturated heterocycles. The Morgan fingerprint density at radius 1 is 1.19 bits per heavy atom. The Kier molecular flexibility index (Phi) is 3.90. The van der Waals surface area contributed by atoms with Crippen molar-refractivity contribution in [2.24, 2.45) is 39.9 Å². The van der Waals surface area contributed by atoms with E-state index in [1.807, 2.05) is 6.92 Å². The van der Waals surface area contributed by atoms with E-state index < -0.39 is 28.1 Å². The largest absolute Gasteiger partial charge is 0.468 e. The van der Waals surface area contributed by atoms with Crippen molar-refractivity contribution in [3.05, 3.63) is 0 Å². The molecular formula is C21H28O6. The number of hydrogen-bond acceptors (Lipinski definition) is 6. The molecule has 4 fully saturated rings. The number of carbonyl (C=O) groups is 4. The number of cyclic esters (lactones) is 1. The summed E-state index contributed by atoms with van der Waals surface area (Å²) in [6, 6.07) is 0. The quantitative estimate of drug-likeness (QED) is 0.543. The van der Waals surface area contributed by atoms with E-state index in [0.29, 0.717) is 25.7 Å². The molecule has 4 aliphatic rings. The lowest BCUT2D eigenvalue weighted by Crippen LogP contribution is -2.59. The zero-order valence-corrected chi connectivity index (χ0v) is 16.5. The van der Waals surface area contributed by atoms with Crippen molar-refractivity contribution in [3.63, 3.8) is 0 Å². The van der Waals surface area contributed by atoms with E-state index in [1.165, 1.54) is 7.11 Å². The molecule has 0 aromatic carbocycles. The van der Waals surface area contributed by atoms with Gasteiger partial charge in [-0.15, -0.1) is 0 Å². The number of ketones is 2. The first kappa shape index (κ1) is 18.6. The fourth-order valence-electron chi connectivity index (χ4n) is 7.03. The van der Waals surface area contributed by atoms with Crippen molar-refractivity contribution < 1.29 is 28.7 Å². The number of fused-ring (bicyclic) bond motifs is 3. The van der Waals surface area contributed by atoms with Crippen LogP contribution >= 0.6 is 0 Å². The number of hydrogen-bond donors (Lipinski definition) is 0. The van der Waals surface area contributed by atoms with Crippen LogP contribution in [0.1, 0.15) is 52.9 Å². The second-order valence-corrected chi connectivity index (χ2v) is 9.63. The summed E-state index contributed by atoms with van der Waals surface area (Å²) >= 11 is 0. The fourth-order valence-corrected chi connectivity index (χ4v) is 7.03. The smallest absolute Gasteiger partial charge is 0.319 e. The molecule has 0 spiro atoms. The average molecular weight is 376 g/mol. The summed E-state index contributed by atoms with van der Waals surface area (Å²) in [6.07, 6.45) is 2.87. The first-order valence-electron chi connectivity index (χ1n) is 9.95. The van der Waals surface area contributed by atoms with Gasteiger partial charge in [-0.1, -0.05) is 20.8 Å². The molecule has 1 aliphatic heterocycles. The van der Waals surface area contributed by atoms with Gasteiger partial charge in [-0.2, -0.15) is 0 Å². The van der Waals surface area contributed by atoms with Crippen LogP contribution in [0, 0.1) is 39.9 Å². The molecule has 6 atom stereocenters. The number of methoxy groups -OCH3 is 1. The lowest BCUT2D eigenvalue weighted by atomic mass is 9.46. The predicted octanol–water partition coefficient (Wildman–Crippen LogP) is 2.33. The molecule has 148 valence electrons. The Morgan fingerprint density at radius 3 is 2.56 bits per heavy atom. The third kappa shape index (κ3) is 2.07. The maximum atomic E-state index is 13.4. The average Bonchev–Trinajstić information content (AvgIpc) is 3.09. The summed E-state index contributed by atoms with van der Waals surface area (Å²) < 4.78 is 10.7. The third-order valence-corrected chi connectivity index (χ3v) is 8.36. The van der Waals surface area contributed by atoms with Crippen LogP contribution in [0.15, 0.2) is 0 Å². The van der Waals surface area contributed by atoms with Crippen molar-refractivity contribution in [2.75, 3.05) is 13.7 Å². The summed E-state index contributed by atoms with van der Waals surface area (Å²) in [7, 11) is 1.33. The maximum Gasteiger partial charge on any atom is 0.319 e. The highest BCUT2D eigenvalue weighted by atomic mass is 16.5. The SMILES string of the molecule is COC(=O)[C@@]12C[C@H](CC[C@H]1[C@@]13CCC(=O)C(C)(C)[C@H]1C(=O)OC3)[C@@H](C)C2=O. The topological polar surface area (TPSA) is 86.7 Å². The highest BCUT2D eigenvalue weighted by molar-refractivity contribution is 6.07. The van der Waals surface area contributed by atoms with Gasteiger partial charge < -0.3 is 9.47 Å². The van der Waals surface area contributed by atoms with Crippen molar-refractivity contribution in [3.8, 4) is 0 Å². The molecule has 3 saturated carbocycles. The van der Waals surface area contributed by atoms with Crippen LogP contribution in [0.5, 0.6) is 0 Å². The van der Waals surface area contributed by atoms with Crippen LogP contribution in [0.2, 0.25) is 0 Å². The molecule has 0 N–H and O–H groups in total. The number of esters is 2. The van der Waals surface area contributed by atoms with Crippen LogP contribution in [0.4, 0.5) is 0 Å². The molecule has 0 amide bonds. The van der Waals surface area contributed by atoms with Crippen molar-refractivity contribution in [1.82, 2.24) is 0 Å². The second-order valence-electron chi connectivity index (χ2n) is 9.63. The molecule has 6 heteroatoms. The molecule has 2 bridgehead atoms. The van der Waals surface area contributed by atoms with Crippen molar-refractivity contribution >= 4 is 23.5 Å². The van der Waals surface area contributed by atoms with Gasteiger partial charge >= 0.3 is 11.9 Å². The van der Waals surface area contributed by atoms with Crippen molar-refractivity contribution in [2.45, 2.75) is 52.9 Å². The van der Waals surface area contributed by atoms with Crippen molar-refractivity contribution in [1.29, 1.82) is 0 Å². The highest BCUT2D eigenvalue weighted by Gasteiger charge is 2.73. The predicted molar refractivity (Wildman–Crippen MR) is 94.4 cm³/mol. The highest BCUT2D eigenvalue weighted by Crippen LogP contribution is 2.67. The van der Waals surface area contributed by atoms with E-state index in [4.69, 9.17) is 9.47 Å². The summed E-state index contributed by atoms with van der Waals surface area (Å²) in [5.41, 5.74) is -2.72. The molecule has 3 aliphatic carbocycles. The summed E-state index contributed by atoms with van der Waals surface area (Å²) in [5.74, 6) is -1.78. The van der Waals surface area contributed by atoms with Crippen LogP contribution in [0.3, 0.4) is 0 Å². The Bertz CT molecular complexity index is 739. The van der Waals surface area contributed by atoms with Gasteiger partial charge in [-0.25, -0.2) is 0 Å². The molecule has 6 nitrogen and oxygen atoms in total. The Morgan fingerprint density at radius 2 is 1.89 bits per heavy atom. The number of carbonyl (C=O) groups excluding carboxylic acids is 4. The molecule has 0 aromatic heterocycles. The van der Waals surface area contributed by atoms with Gasteiger partial charge in [0.15, 0.2) is 5.78 Å². The van der Waals surface area contributed by atoms with Crippen LogP contribution < -0.4 is 0 Å². The molecule has 4 rings (SSSR count). The standard InChI is InChI=1S/C21H28O6/c1-11-12-5-6-13(21(9-12,16(11)23)18(25)26-4)20-8-7-14(22)19(2,3)15(20)17(24)27-10-20/h11-13,15H,5-10H2,1-4H3/t11-,12+,13+,15-,20+,21+/m1/s1. The van der Waals surface area contributed by atoms with Crippen LogP contribution in [-0.2, 0) is 28.7 Å². The minimum Gasteiger partial charge on any atom is -0.468 e. The van der Waals surface area contributed by atoms with Crippen LogP contribution in [0.25, 0.3) is 0 Å². The number of ether oxygens (including phenoxy) is 2. The Labute approximate surface area is 159 Å². The second kappa shape index (κ2) is 5.65. The van der Waals surface area contributed by atoms with E-state index in [1.54, 1.807) is 13.8 Å². The summed E-state index contributed by atoms with van der Waals surface area (Å²) in [5, 5.41) is 0. The summed E-state index contributed by atoms with van der Waals surface area (Å²) in [4.78, 5) is 51.7. The Balaban J connectivity index is 1.88. The van der Waals surface area contributed by atoms with E-state index in [0.717, 1.165) is 6.42 Å². The van der Waals surface area contributed by atoms with Gasteiger partial charge in [0.05, 0.1) is 19.6 Å².